The predicted octanol–water partition coefficient (Wildman–Crippen LogP) is 4.21. The van der Waals surface area contributed by atoms with Gasteiger partial charge in [0, 0.05) is 16.2 Å². The van der Waals surface area contributed by atoms with E-state index < -0.39 is 18.0 Å². The number of benzene rings is 2. The number of nitriles is 1. The van der Waals surface area contributed by atoms with Crippen LogP contribution >= 0.6 is 15.9 Å². The number of nitrogens with one attached hydrogen (secondary N) is 1. The second kappa shape index (κ2) is 8.97. The lowest BCUT2D eigenvalue weighted by atomic mass is 10.1. The highest BCUT2D eigenvalue weighted by atomic mass is 79.9. The van der Waals surface area contributed by atoms with E-state index in [1.165, 1.54) is 13.0 Å². The van der Waals surface area contributed by atoms with Crippen molar-refractivity contribution in [3.8, 4) is 6.07 Å². The molecular weight excluding hydrogens is 396 g/mol. The average molecular weight is 413 g/mol. The summed E-state index contributed by atoms with van der Waals surface area (Å²) in [4.78, 5) is 24.0. The largest absolute Gasteiger partial charge is 0.449 e. The van der Waals surface area contributed by atoms with Gasteiger partial charge in [-0.2, -0.15) is 5.26 Å². The monoisotopic (exact) mass is 412 g/mol. The van der Waals surface area contributed by atoms with E-state index in [2.05, 4.69) is 21.2 Å². The minimum atomic E-state index is -0.973. The van der Waals surface area contributed by atoms with Crippen molar-refractivity contribution in [1.82, 2.24) is 0 Å². The Labute approximate surface area is 160 Å². The SMILES string of the molecule is Cc1ccc(/C=C/C(=O)O[C@H](C)C(=O)Nc2cccc(C#N)c2)c(Br)c1. The minimum absolute atomic E-state index is 0.430. The Bertz CT molecular complexity index is 900. The van der Waals surface area contributed by atoms with Crippen LogP contribution in [0.5, 0.6) is 0 Å². The lowest BCUT2D eigenvalue weighted by molar-refractivity contribution is -0.148. The quantitative estimate of drug-likeness (QED) is 0.588. The number of hydrogen-bond acceptors (Lipinski definition) is 4. The van der Waals surface area contributed by atoms with Crippen LogP contribution in [-0.2, 0) is 14.3 Å². The van der Waals surface area contributed by atoms with Gasteiger partial charge < -0.3 is 10.1 Å². The van der Waals surface area contributed by atoms with Gasteiger partial charge in [0.15, 0.2) is 6.10 Å². The third-order valence-corrected chi connectivity index (χ3v) is 4.16. The van der Waals surface area contributed by atoms with Crippen LogP contribution in [0.3, 0.4) is 0 Å². The number of amides is 1. The fourth-order valence-corrected chi connectivity index (χ4v) is 2.73. The zero-order valence-electron chi connectivity index (χ0n) is 14.3. The van der Waals surface area contributed by atoms with Crippen molar-refractivity contribution >= 4 is 39.6 Å². The molecule has 0 heterocycles. The van der Waals surface area contributed by atoms with Crippen molar-refractivity contribution in [2.45, 2.75) is 20.0 Å². The first-order valence-electron chi connectivity index (χ1n) is 7.85. The summed E-state index contributed by atoms with van der Waals surface area (Å²) in [6.45, 7) is 3.45. The van der Waals surface area contributed by atoms with E-state index in [1.807, 2.05) is 31.2 Å². The normalized spacial score (nSPS) is 11.6. The van der Waals surface area contributed by atoms with E-state index in [4.69, 9.17) is 10.00 Å². The van der Waals surface area contributed by atoms with Crippen molar-refractivity contribution < 1.29 is 14.3 Å². The Hall–Kier alpha value is -2.91. The summed E-state index contributed by atoms with van der Waals surface area (Å²) in [6, 6.07) is 14.2. The molecule has 0 unspecified atom stereocenters. The van der Waals surface area contributed by atoms with Gasteiger partial charge in [-0.15, -0.1) is 0 Å². The molecular formula is C20H17BrN2O3. The van der Waals surface area contributed by atoms with Crippen LogP contribution in [0.1, 0.15) is 23.6 Å². The molecule has 132 valence electrons. The van der Waals surface area contributed by atoms with E-state index in [0.717, 1.165) is 15.6 Å². The molecule has 26 heavy (non-hydrogen) atoms. The number of rotatable bonds is 5. The second-order valence-corrected chi connectivity index (χ2v) is 6.47. The molecule has 0 bridgehead atoms. The van der Waals surface area contributed by atoms with Crippen molar-refractivity contribution in [2.75, 3.05) is 5.32 Å². The molecule has 0 saturated heterocycles. The van der Waals surface area contributed by atoms with Gasteiger partial charge in [0.05, 0.1) is 11.6 Å². The molecule has 0 aromatic heterocycles. The predicted molar refractivity (Wildman–Crippen MR) is 103 cm³/mol. The zero-order chi connectivity index (χ0) is 19.1. The first-order valence-corrected chi connectivity index (χ1v) is 8.64. The Balaban J connectivity index is 1.94. The van der Waals surface area contributed by atoms with Gasteiger partial charge >= 0.3 is 5.97 Å². The summed E-state index contributed by atoms with van der Waals surface area (Å²) in [5, 5.41) is 11.5. The third-order valence-electron chi connectivity index (χ3n) is 3.48. The van der Waals surface area contributed by atoms with Gasteiger partial charge in [0.1, 0.15) is 0 Å². The Morgan fingerprint density at radius 2 is 2.04 bits per heavy atom. The minimum Gasteiger partial charge on any atom is -0.449 e. The molecule has 1 amide bonds. The first-order chi connectivity index (χ1) is 12.4. The molecule has 0 saturated carbocycles. The van der Waals surface area contributed by atoms with Gasteiger partial charge in [-0.25, -0.2) is 4.79 Å². The maximum absolute atomic E-state index is 12.1. The number of esters is 1. The third kappa shape index (κ3) is 5.57. The summed E-state index contributed by atoms with van der Waals surface area (Å²) in [5.41, 5.74) is 2.83. The maximum atomic E-state index is 12.1. The molecule has 1 atom stereocenters. The van der Waals surface area contributed by atoms with Crippen LogP contribution in [0.4, 0.5) is 5.69 Å². The van der Waals surface area contributed by atoms with Gasteiger partial charge in [-0.05, 0) is 55.3 Å². The molecule has 1 N–H and O–H groups in total. The highest BCUT2D eigenvalue weighted by molar-refractivity contribution is 9.10. The Morgan fingerprint density at radius 3 is 2.73 bits per heavy atom. The Morgan fingerprint density at radius 1 is 1.27 bits per heavy atom. The lowest BCUT2D eigenvalue weighted by Gasteiger charge is -2.12. The summed E-state index contributed by atoms with van der Waals surface area (Å²) in [7, 11) is 0. The molecule has 0 fully saturated rings. The van der Waals surface area contributed by atoms with Crippen molar-refractivity contribution in [2.24, 2.45) is 0 Å². The number of carbonyl (C=O) groups excluding carboxylic acids is 2. The number of aryl methyl sites for hydroxylation is 1. The van der Waals surface area contributed by atoms with Crippen molar-refractivity contribution in [3.05, 3.63) is 69.7 Å². The summed E-state index contributed by atoms with van der Waals surface area (Å²) < 4.78 is 5.97. The highest BCUT2D eigenvalue weighted by Gasteiger charge is 2.16. The van der Waals surface area contributed by atoms with Crippen LogP contribution in [0, 0.1) is 18.3 Å². The molecule has 0 aliphatic heterocycles. The lowest BCUT2D eigenvalue weighted by Crippen LogP contribution is -2.29. The molecule has 2 aromatic rings. The molecule has 2 aromatic carbocycles. The zero-order valence-corrected chi connectivity index (χ0v) is 15.9. The van der Waals surface area contributed by atoms with Gasteiger partial charge in [-0.3, -0.25) is 4.79 Å². The summed E-state index contributed by atoms with van der Waals surface area (Å²) >= 11 is 3.43. The molecule has 0 radical (unpaired) electrons. The van der Waals surface area contributed by atoms with Crippen LogP contribution in [0.25, 0.3) is 6.08 Å². The molecule has 5 nitrogen and oxygen atoms in total. The number of carbonyl (C=O) groups is 2. The van der Waals surface area contributed by atoms with Crippen LogP contribution in [0.2, 0.25) is 0 Å². The molecule has 0 aliphatic rings. The molecule has 0 spiro atoms. The smallest absolute Gasteiger partial charge is 0.331 e. The number of halogens is 1. The van der Waals surface area contributed by atoms with E-state index in [9.17, 15) is 9.59 Å². The Kier molecular flexibility index (Phi) is 6.70. The maximum Gasteiger partial charge on any atom is 0.331 e. The van der Waals surface area contributed by atoms with Crippen LogP contribution < -0.4 is 5.32 Å². The van der Waals surface area contributed by atoms with E-state index in [0.29, 0.717) is 11.3 Å². The molecule has 2 rings (SSSR count). The molecule has 0 aliphatic carbocycles. The number of nitrogens with zero attached hydrogens (tertiary/aromatic N) is 1. The van der Waals surface area contributed by atoms with Gasteiger partial charge in [-0.1, -0.05) is 34.1 Å². The fraction of sp³-hybridized carbons (Fsp3) is 0.150. The van der Waals surface area contributed by atoms with E-state index >= 15 is 0 Å². The van der Waals surface area contributed by atoms with Crippen LogP contribution in [-0.4, -0.2) is 18.0 Å². The van der Waals surface area contributed by atoms with E-state index in [-0.39, 0.29) is 0 Å². The average Bonchev–Trinajstić information content (AvgIpc) is 2.61. The van der Waals surface area contributed by atoms with Crippen molar-refractivity contribution in [1.29, 1.82) is 5.26 Å². The van der Waals surface area contributed by atoms with Gasteiger partial charge in [0.25, 0.3) is 5.91 Å². The van der Waals surface area contributed by atoms with Crippen molar-refractivity contribution in [3.63, 3.8) is 0 Å². The van der Waals surface area contributed by atoms with Gasteiger partial charge in [0.2, 0.25) is 0 Å². The van der Waals surface area contributed by atoms with Crippen LogP contribution in [0.15, 0.2) is 53.0 Å². The number of hydrogen-bond donors (Lipinski definition) is 1. The van der Waals surface area contributed by atoms with E-state index in [1.54, 1.807) is 30.3 Å². The summed E-state index contributed by atoms with van der Waals surface area (Å²) in [5.74, 6) is -1.09. The standard InChI is InChI=1S/C20H17BrN2O3/c1-13-6-7-16(18(21)10-13)8-9-19(24)26-14(2)20(25)23-17-5-3-4-15(11-17)12-22/h3-11,14H,1-2H3,(H,23,25)/b9-8+/t14-/m1/s1. The number of ether oxygens (including phenoxy) is 1. The highest BCUT2D eigenvalue weighted by Crippen LogP contribution is 2.19. The second-order valence-electron chi connectivity index (χ2n) is 5.62. The first kappa shape index (κ1) is 19.4. The number of anilines is 1. The fourth-order valence-electron chi connectivity index (χ4n) is 2.10. The summed E-state index contributed by atoms with van der Waals surface area (Å²) in [6.07, 6.45) is 1.92. The topological polar surface area (TPSA) is 79.2 Å². The molecule has 6 heteroatoms.